The summed E-state index contributed by atoms with van der Waals surface area (Å²) >= 11 is 7.53. The number of thiophene rings is 1. The molecule has 110 valence electrons. The lowest BCUT2D eigenvalue weighted by molar-refractivity contribution is 0.561. The molecule has 1 aromatic heterocycles. The lowest BCUT2D eigenvalue weighted by Gasteiger charge is -2.14. The third-order valence-corrected chi connectivity index (χ3v) is 5.77. The van der Waals surface area contributed by atoms with Crippen LogP contribution in [-0.2, 0) is 16.4 Å². The summed E-state index contributed by atoms with van der Waals surface area (Å²) < 4.78 is 27.2. The predicted molar refractivity (Wildman–Crippen MR) is 84.0 cm³/mol. The van der Waals surface area contributed by atoms with Crippen molar-refractivity contribution in [3.05, 3.63) is 51.2 Å². The van der Waals surface area contributed by atoms with Gasteiger partial charge in [-0.15, -0.1) is 11.3 Å². The Hall–Kier alpha value is -1.39. The molecule has 1 N–H and O–H groups in total. The quantitative estimate of drug-likeness (QED) is 0.908. The van der Waals surface area contributed by atoms with Crippen LogP contribution < -0.4 is 4.72 Å². The number of hydrogen-bond acceptors (Lipinski definition) is 4. The lowest BCUT2D eigenvalue weighted by Crippen LogP contribution is -2.34. The second-order valence-corrected chi connectivity index (χ2v) is 7.68. The molecular weight excluding hydrogens is 328 g/mol. The summed E-state index contributed by atoms with van der Waals surface area (Å²) in [5.74, 6) is 0. The fourth-order valence-corrected chi connectivity index (χ4v) is 4.51. The van der Waals surface area contributed by atoms with Gasteiger partial charge in [0.15, 0.2) is 0 Å². The van der Waals surface area contributed by atoms with E-state index < -0.39 is 10.0 Å². The van der Waals surface area contributed by atoms with Crippen molar-refractivity contribution in [2.75, 3.05) is 0 Å². The molecule has 0 saturated carbocycles. The summed E-state index contributed by atoms with van der Waals surface area (Å²) in [6.45, 7) is 1.80. The van der Waals surface area contributed by atoms with Crippen molar-refractivity contribution in [3.63, 3.8) is 0 Å². The number of nitrogens with zero attached hydrogens (tertiary/aromatic N) is 1. The maximum absolute atomic E-state index is 12.3. The summed E-state index contributed by atoms with van der Waals surface area (Å²) in [5, 5.41) is 10.8. The van der Waals surface area contributed by atoms with Crippen LogP contribution in [0.1, 0.15) is 17.4 Å². The normalized spacial score (nSPS) is 12.8. The fraction of sp³-hybridized carbons (Fsp3) is 0.214. The van der Waals surface area contributed by atoms with Crippen LogP contribution in [0.2, 0.25) is 5.02 Å². The van der Waals surface area contributed by atoms with Crippen LogP contribution >= 0.6 is 22.9 Å². The minimum absolute atomic E-state index is 0.0128. The number of hydrogen-bond donors (Lipinski definition) is 1. The molecule has 21 heavy (non-hydrogen) atoms. The fourth-order valence-electron chi connectivity index (χ4n) is 1.89. The summed E-state index contributed by atoms with van der Waals surface area (Å²) in [6.07, 6.45) is 0.616. The highest BCUT2D eigenvalue weighted by molar-refractivity contribution is 7.89. The zero-order chi connectivity index (χ0) is 15.5. The first-order valence-electron chi connectivity index (χ1n) is 6.17. The minimum atomic E-state index is -3.71. The van der Waals surface area contributed by atoms with Crippen molar-refractivity contribution in [1.29, 1.82) is 5.26 Å². The van der Waals surface area contributed by atoms with Crippen molar-refractivity contribution in [2.24, 2.45) is 0 Å². The predicted octanol–water partition coefficient (Wildman–Crippen LogP) is 3.18. The van der Waals surface area contributed by atoms with E-state index in [0.717, 1.165) is 4.88 Å². The number of nitrogens with one attached hydrogen (secondary N) is 1. The molecule has 0 spiro atoms. The van der Waals surface area contributed by atoms with Crippen molar-refractivity contribution in [3.8, 4) is 6.07 Å². The summed E-state index contributed by atoms with van der Waals surface area (Å²) in [5.41, 5.74) is 0.325. The van der Waals surface area contributed by atoms with Crippen LogP contribution in [0.25, 0.3) is 0 Å². The Bertz CT molecular complexity index is 765. The smallest absolute Gasteiger partial charge is 0.208 e. The molecular formula is C14H13ClN2O2S2. The molecule has 1 aromatic carbocycles. The van der Waals surface area contributed by atoms with Crippen molar-refractivity contribution in [1.82, 2.24) is 4.72 Å². The van der Waals surface area contributed by atoms with E-state index in [4.69, 9.17) is 16.9 Å². The molecule has 2 rings (SSSR count). The Kier molecular flexibility index (Phi) is 5.01. The Morgan fingerprint density at radius 1 is 1.43 bits per heavy atom. The Morgan fingerprint density at radius 3 is 2.76 bits per heavy atom. The van der Waals surface area contributed by atoms with E-state index >= 15 is 0 Å². The van der Waals surface area contributed by atoms with Gasteiger partial charge in [-0.2, -0.15) is 5.26 Å². The van der Waals surface area contributed by atoms with E-state index in [1.165, 1.54) is 18.2 Å². The third kappa shape index (κ3) is 4.05. The maximum atomic E-state index is 12.3. The average molecular weight is 341 g/mol. The Balaban J connectivity index is 2.16. The molecule has 0 aliphatic rings. The van der Waals surface area contributed by atoms with Gasteiger partial charge in [0.05, 0.1) is 16.7 Å². The largest absolute Gasteiger partial charge is 0.242 e. The first kappa shape index (κ1) is 16.0. The van der Waals surface area contributed by atoms with Gasteiger partial charge in [0.1, 0.15) is 4.90 Å². The number of nitriles is 1. The van der Waals surface area contributed by atoms with E-state index in [-0.39, 0.29) is 16.0 Å². The molecule has 0 bridgehead atoms. The second-order valence-electron chi connectivity index (χ2n) is 4.56. The van der Waals surface area contributed by atoms with Crippen LogP contribution in [0.3, 0.4) is 0 Å². The summed E-state index contributed by atoms with van der Waals surface area (Å²) in [4.78, 5) is 1.09. The highest BCUT2D eigenvalue weighted by Crippen LogP contribution is 2.23. The zero-order valence-corrected chi connectivity index (χ0v) is 13.6. The van der Waals surface area contributed by atoms with Gasteiger partial charge in [-0.25, -0.2) is 13.1 Å². The summed E-state index contributed by atoms with van der Waals surface area (Å²) in [6, 6.07) is 9.69. The van der Waals surface area contributed by atoms with Crippen molar-refractivity contribution in [2.45, 2.75) is 24.3 Å². The lowest BCUT2D eigenvalue weighted by atomic mass is 10.2. The van der Waals surface area contributed by atoms with Gasteiger partial charge >= 0.3 is 0 Å². The van der Waals surface area contributed by atoms with Crippen molar-refractivity contribution >= 4 is 33.0 Å². The van der Waals surface area contributed by atoms with Gasteiger partial charge in [-0.3, -0.25) is 0 Å². The van der Waals surface area contributed by atoms with Gasteiger partial charge < -0.3 is 0 Å². The molecule has 0 fully saturated rings. The maximum Gasteiger partial charge on any atom is 0.242 e. The molecule has 1 atom stereocenters. The van der Waals surface area contributed by atoms with Gasteiger partial charge in [-0.1, -0.05) is 17.7 Å². The molecule has 7 heteroatoms. The van der Waals surface area contributed by atoms with Crippen LogP contribution in [0.4, 0.5) is 0 Å². The molecule has 1 unspecified atom stereocenters. The van der Waals surface area contributed by atoms with Gasteiger partial charge in [-0.05, 0) is 43.0 Å². The first-order valence-corrected chi connectivity index (χ1v) is 8.91. The monoisotopic (exact) mass is 340 g/mol. The molecule has 0 radical (unpaired) electrons. The molecule has 0 aliphatic carbocycles. The molecule has 1 heterocycles. The Labute approximate surface area is 133 Å². The van der Waals surface area contributed by atoms with Crippen molar-refractivity contribution < 1.29 is 8.42 Å². The molecule has 4 nitrogen and oxygen atoms in total. The van der Waals surface area contributed by atoms with Crippen LogP contribution in [0.15, 0.2) is 40.6 Å². The number of benzene rings is 1. The van der Waals surface area contributed by atoms with Crippen LogP contribution in [0, 0.1) is 11.3 Å². The highest BCUT2D eigenvalue weighted by Gasteiger charge is 2.21. The summed E-state index contributed by atoms with van der Waals surface area (Å²) in [7, 11) is -3.71. The van der Waals surface area contributed by atoms with Gasteiger partial charge in [0, 0.05) is 10.9 Å². The standard InChI is InChI=1S/C14H13ClN2O2S2/c1-10(7-12-3-2-6-20-12)17-21(18,19)14-5-4-11(9-16)8-13(14)15/h2-6,8,10,17H,7H2,1H3. The minimum Gasteiger partial charge on any atom is -0.208 e. The number of rotatable bonds is 5. The Morgan fingerprint density at radius 2 is 2.19 bits per heavy atom. The first-order chi connectivity index (χ1) is 9.92. The molecule has 0 aliphatic heterocycles. The number of sulfonamides is 1. The van der Waals surface area contributed by atoms with Gasteiger partial charge in [0.2, 0.25) is 10.0 Å². The molecule has 0 amide bonds. The third-order valence-electron chi connectivity index (χ3n) is 2.79. The van der Waals surface area contributed by atoms with E-state index in [2.05, 4.69) is 4.72 Å². The number of halogens is 1. The van der Waals surface area contributed by atoms with E-state index in [1.54, 1.807) is 18.3 Å². The van der Waals surface area contributed by atoms with Gasteiger partial charge in [0.25, 0.3) is 0 Å². The molecule has 0 saturated heterocycles. The van der Waals surface area contributed by atoms with E-state index in [9.17, 15) is 8.42 Å². The van der Waals surface area contributed by atoms with E-state index in [1.807, 2.05) is 23.6 Å². The van der Waals surface area contributed by atoms with Crippen LogP contribution in [0.5, 0.6) is 0 Å². The highest BCUT2D eigenvalue weighted by atomic mass is 35.5. The SMILES string of the molecule is CC(Cc1cccs1)NS(=O)(=O)c1ccc(C#N)cc1Cl. The molecule has 2 aromatic rings. The van der Waals surface area contributed by atoms with Crippen LogP contribution in [-0.4, -0.2) is 14.5 Å². The zero-order valence-electron chi connectivity index (χ0n) is 11.2. The second kappa shape index (κ2) is 6.58. The average Bonchev–Trinajstić information content (AvgIpc) is 2.90. The van der Waals surface area contributed by atoms with E-state index in [0.29, 0.717) is 12.0 Å². The topological polar surface area (TPSA) is 70.0 Å².